The van der Waals surface area contributed by atoms with E-state index in [-0.39, 0.29) is 23.2 Å². The van der Waals surface area contributed by atoms with E-state index in [1.54, 1.807) is 11.3 Å². The molecule has 0 saturated carbocycles. The Hall–Kier alpha value is -1.01. The van der Waals surface area contributed by atoms with Crippen molar-refractivity contribution < 1.29 is 14.3 Å². The lowest BCUT2D eigenvalue weighted by atomic mass is 10.0. The monoisotopic (exact) mass is 329 g/mol. The number of thioether (sulfide) groups is 1. The Labute approximate surface area is 134 Å². The van der Waals surface area contributed by atoms with Gasteiger partial charge in [0.2, 0.25) is 5.91 Å². The number of esters is 1. The summed E-state index contributed by atoms with van der Waals surface area (Å²) in [6, 6.07) is 4.09. The van der Waals surface area contributed by atoms with Crippen molar-refractivity contribution in [1.29, 1.82) is 0 Å². The first kappa shape index (κ1) is 18.0. The van der Waals surface area contributed by atoms with Crippen LogP contribution in [-0.4, -0.2) is 30.0 Å². The molecule has 0 saturated heterocycles. The molecule has 2 unspecified atom stereocenters. The molecule has 2 atom stereocenters. The lowest BCUT2D eigenvalue weighted by molar-refractivity contribution is -0.140. The van der Waals surface area contributed by atoms with E-state index in [1.807, 2.05) is 24.4 Å². The standard InChI is InChI=1S/C15H23NO3S2/c1-10(2)15(12-6-5-7-20-12)16-13(17)9-21-11(3)8-14(18)19-4/h5-7,10-11,15H,8-9H2,1-4H3,(H,16,17). The van der Waals surface area contributed by atoms with Crippen LogP contribution in [0.25, 0.3) is 0 Å². The number of ether oxygens (including phenoxy) is 1. The first-order chi connectivity index (χ1) is 9.93. The van der Waals surface area contributed by atoms with Gasteiger partial charge in [0.1, 0.15) is 0 Å². The largest absolute Gasteiger partial charge is 0.469 e. The Morgan fingerprint density at radius 3 is 2.62 bits per heavy atom. The van der Waals surface area contributed by atoms with Crippen LogP contribution in [0.5, 0.6) is 0 Å². The second kappa shape index (κ2) is 9.10. The molecule has 1 aromatic heterocycles. The highest BCUT2D eigenvalue weighted by molar-refractivity contribution is 8.00. The summed E-state index contributed by atoms with van der Waals surface area (Å²) in [5, 5.41) is 5.17. The van der Waals surface area contributed by atoms with Gasteiger partial charge in [-0.25, -0.2) is 0 Å². The van der Waals surface area contributed by atoms with Crippen LogP contribution in [0.4, 0.5) is 0 Å². The van der Waals surface area contributed by atoms with Gasteiger partial charge in [0.15, 0.2) is 0 Å². The minimum Gasteiger partial charge on any atom is -0.469 e. The summed E-state index contributed by atoms with van der Waals surface area (Å²) in [5.41, 5.74) is 0. The number of methoxy groups -OCH3 is 1. The number of carbonyl (C=O) groups excluding carboxylic acids is 2. The molecule has 21 heavy (non-hydrogen) atoms. The third-order valence-corrected chi connectivity index (χ3v) is 5.13. The van der Waals surface area contributed by atoms with Crippen molar-refractivity contribution in [2.45, 2.75) is 38.5 Å². The maximum Gasteiger partial charge on any atom is 0.306 e. The van der Waals surface area contributed by atoms with Crippen molar-refractivity contribution in [3.8, 4) is 0 Å². The Morgan fingerprint density at radius 1 is 1.38 bits per heavy atom. The Morgan fingerprint density at radius 2 is 2.10 bits per heavy atom. The van der Waals surface area contributed by atoms with Gasteiger partial charge < -0.3 is 10.1 Å². The molecule has 0 spiro atoms. The third kappa shape index (κ3) is 6.52. The molecule has 4 nitrogen and oxygen atoms in total. The highest BCUT2D eigenvalue weighted by Gasteiger charge is 2.20. The van der Waals surface area contributed by atoms with Crippen LogP contribution in [-0.2, 0) is 14.3 Å². The van der Waals surface area contributed by atoms with Crippen molar-refractivity contribution in [2.24, 2.45) is 5.92 Å². The molecular formula is C15H23NO3S2. The highest BCUT2D eigenvalue weighted by atomic mass is 32.2. The summed E-state index contributed by atoms with van der Waals surface area (Å²) in [5.74, 6) is 0.454. The Kier molecular flexibility index (Phi) is 7.82. The predicted octanol–water partition coefficient (Wildman–Crippen LogP) is 3.25. The number of amides is 1. The van der Waals surface area contributed by atoms with Gasteiger partial charge in [0.25, 0.3) is 0 Å². The van der Waals surface area contributed by atoms with E-state index in [0.29, 0.717) is 18.1 Å². The lowest BCUT2D eigenvalue weighted by Gasteiger charge is -2.21. The molecule has 1 aromatic rings. The summed E-state index contributed by atoms with van der Waals surface area (Å²) in [6.45, 7) is 6.11. The summed E-state index contributed by atoms with van der Waals surface area (Å²) >= 11 is 3.12. The number of hydrogen-bond acceptors (Lipinski definition) is 5. The molecule has 0 aromatic carbocycles. The number of nitrogens with one attached hydrogen (secondary N) is 1. The van der Waals surface area contributed by atoms with Crippen molar-refractivity contribution in [2.75, 3.05) is 12.9 Å². The molecule has 0 bridgehead atoms. The molecule has 0 aliphatic heterocycles. The molecule has 0 radical (unpaired) electrons. The van der Waals surface area contributed by atoms with E-state index in [4.69, 9.17) is 0 Å². The average Bonchev–Trinajstić information content (AvgIpc) is 2.95. The number of hydrogen-bond donors (Lipinski definition) is 1. The van der Waals surface area contributed by atoms with Crippen molar-refractivity contribution in [3.63, 3.8) is 0 Å². The molecule has 0 aliphatic carbocycles. The second-order valence-corrected chi connectivity index (χ2v) is 7.61. The van der Waals surface area contributed by atoms with E-state index in [9.17, 15) is 9.59 Å². The van der Waals surface area contributed by atoms with Gasteiger partial charge >= 0.3 is 5.97 Å². The lowest BCUT2D eigenvalue weighted by Crippen LogP contribution is -2.32. The molecule has 118 valence electrons. The van der Waals surface area contributed by atoms with E-state index in [2.05, 4.69) is 23.9 Å². The second-order valence-electron chi connectivity index (χ2n) is 5.21. The molecule has 0 aliphatic rings. The first-order valence-corrected chi connectivity index (χ1v) is 8.88. The van der Waals surface area contributed by atoms with Gasteiger partial charge in [-0.1, -0.05) is 26.8 Å². The van der Waals surface area contributed by atoms with Crippen molar-refractivity contribution in [3.05, 3.63) is 22.4 Å². The average molecular weight is 329 g/mol. The zero-order chi connectivity index (χ0) is 15.8. The molecule has 1 heterocycles. The van der Waals surface area contributed by atoms with Crippen molar-refractivity contribution >= 4 is 35.0 Å². The fourth-order valence-electron chi connectivity index (χ4n) is 1.84. The first-order valence-electron chi connectivity index (χ1n) is 6.95. The van der Waals surface area contributed by atoms with Crippen LogP contribution in [0.3, 0.4) is 0 Å². The van der Waals surface area contributed by atoms with Crippen LogP contribution in [0.1, 0.15) is 38.1 Å². The third-order valence-electron chi connectivity index (χ3n) is 3.01. The minimum atomic E-state index is -0.242. The van der Waals surface area contributed by atoms with Gasteiger partial charge in [0, 0.05) is 10.1 Å². The summed E-state index contributed by atoms with van der Waals surface area (Å²) < 4.78 is 4.62. The van der Waals surface area contributed by atoms with Gasteiger partial charge in [-0.3, -0.25) is 9.59 Å². The molecule has 1 amide bonds. The van der Waals surface area contributed by atoms with E-state index in [0.717, 1.165) is 0 Å². The minimum absolute atomic E-state index is 0.00353. The van der Waals surface area contributed by atoms with E-state index >= 15 is 0 Å². The predicted molar refractivity (Wildman–Crippen MR) is 88.6 cm³/mol. The van der Waals surface area contributed by atoms with Gasteiger partial charge in [0.05, 0.1) is 25.3 Å². The quantitative estimate of drug-likeness (QED) is 0.744. The molecule has 0 fully saturated rings. The van der Waals surface area contributed by atoms with Crippen LogP contribution in [0, 0.1) is 5.92 Å². The molecule has 1 N–H and O–H groups in total. The maximum atomic E-state index is 12.1. The van der Waals surface area contributed by atoms with Gasteiger partial charge in [-0.15, -0.1) is 23.1 Å². The Balaban J connectivity index is 2.43. The summed E-state index contributed by atoms with van der Waals surface area (Å²) in [6.07, 6.45) is 0.326. The Bertz CT molecular complexity index is 446. The summed E-state index contributed by atoms with van der Waals surface area (Å²) in [7, 11) is 1.38. The molecule has 1 rings (SSSR count). The maximum absolute atomic E-state index is 12.1. The van der Waals surface area contributed by atoms with Crippen LogP contribution in [0.15, 0.2) is 17.5 Å². The topological polar surface area (TPSA) is 55.4 Å². The molecule has 6 heteroatoms. The van der Waals surface area contributed by atoms with Crippen LogP contribution >= 0.6 is 23.1 Å². The SMILES string of the molecule is COC(=O)CC(C)SCC(=O)NC(c1cccs1)C(C)C. The van der Waals surface area contributed by atoms with E-state index < -0.39 is 0 Å². The van der Waals surface area contributed by atoms with E-state index in [1.165, 1.54) is 23.7 Å². The van der Waals surface area contributed by atoms with Gasteiger partial charge in [-0.05, 0) is 17.4 Å². The number of thiophene rings is 1. The highest BCUT2D eigenvalue weighted by Crippen LogP contribution is 2.26. The fraction of sp³-hybridized carbons (Fsp3) is 0.600. The zero-order valence-electron chi connectivity index (χ0n) is 12.9. The zero-order valence-corrected chi connectivity index (χ0v) is 14.6. The number of carbonyl (C=O) groups is 2. The normalized spacial score (nSPS) is 13.8. The summed E-state index contributed by atoms with van der Waals surface area (Å²) in [4.78, 5) is 24.4. The fourth-order valence-corrected chi connectivity index (χ4v) is 3.57. The van der Waals surface area contributed by atoms with Crippen LogP contribution in [0.2, 0.25) is 0 Å². The van der Waals surface area contributed by atoms with Crippen LogP contribution < -0.4 is 5.32 Å². The molecular weight excluding hydrogens is 306 g/mol. The smallest absolute Gasteiger partial charge is 0.306 e. The van der Waals surface area contributed by atoms with Crippen molar-refractivity contribution in [1.82, 2.24) is 5.32 Å². The van der Waals surface area contributed by atoms with Gasteiger partial charge in [-0.2, -0.15) is 0 Å². The number of rotatable bonds is 8.